The maximum absolute atomic E-state index is 12.3. The first-order chi connectivity index (χ1) is 13.6. The summed E-state index contributed by atoms with van der Waals surface area (Å²) in [7, 11) is 0. The Kier molecular flexibility index (Phi) is 9.87. The van der Waals surface area contributed by atoms with Crippen molar-refractivity contribution in [3.8, 4) is 0 Å². The molecule has 1 aromatic carbocycles. The van der Waals surface area contributed by atoms with Crippen molar-refractivity contribution in [2.45, 2.75) is 84.1 Å². The van der Waals surface area contributed by atoms with Crippen LogP contribution in [-0.2, 0) is 9.59 Å². The lowest BCUT2D eigenvalue weighted by Crippen LogP contribution is -2.32. The average Bonchev–Trinajstić information content (AvgIpc) is 2.70. The summed E-state index contributed by atoms with van der Waals surface area (Å²) >= 11 is 0. The normalized spacial score (nSPS) is 14.5. The van der Waals surface area contributed by atoms with E-state index < -0.39 is 0 Å². The summed E-state index contributed by atoms with van der Waals surface area (Å²) in [5, 5.41) is 6.52. The molecule has 1 saturated carbocycles. The summed E-state index contributed by atoms with van der Waals surface area (Å²) in [6, 6.07) is 8.52. The van der Waals surface area contributed by atoms with Crippen LogP contribution in [0.5, 0.6) is 0 Å². The number of nitrogens with zero attached hydrogens (tertiary/aromatic N) is 1. The van der Waals surface area contributed by atoms with Crippen LogP contribution in [0.15, 0.2) is 24.3 Å². The zero-order valence-corrected chi connectivity index (χ0v) is 17.6. The second-order valence-electron chi connectivity index (χ2n) is 7.84. The minimum Gasteiger partial charge on any atom is -0.382 e. The van der Waals surface area contributed by atoms with Gasteiger partial charge in [0.2, 0.25) is 11.8 Å². The number of rotatable bonds is 11. The van der Waals surface area contributed by atoms with Crippen LogP contribution in [0.4, 0.5) is 11.4 Å². The van der Waals surface area contributed by atoms with Crippen molar-refractivity contribution < 1.29 is 9.59 Å². The average molecular weight is 388 g/mol. The zero-order valence-electron chi connectivity index (χ0n) is 17.6. The molecule has 2 N–H and O–H groups in total. The Bertz CT molecular complexity index is 588. The van der Waals surface area contributed by atoms with Gasteiger partial charge in [-0.25, -0.2) is 0 Å². The maximum atomic E-state index is 12.3. The van der Waals surface area contributed by atoms with Gasteiger partial charge in [-0.2, -0.15) is 0 Å². The van der Waals surface area contributed by atoms with Gasteiger partial charge in [-0.3, -0.25) is 9.59 Å². The quantitative estimate of drug-likeness (QED) is 0.549. The van der Waals surface area contributed by atoms with E-state index in [0.29, 0.717) is 25.3 Å². The summed E-state index contributed by atoms with van der Waals surface area (Å²) in [4.78, 5) is 26.3. The molecule has 0 spiro atoms. The summed E-state index contributed by atoms with van der Waals surface area (Å²) in [5.41, 5.74) is 1.92. The third-order valence-corrected chi connectivity index (χ3v) is 5.28. The predicted molar refractivity (Wildman–Crippen MR) is 117 cm³/mol. The van der Waals surface area contributed by atoms with Crippen molar-refractivity contribution in [1.29, 1.82) is 0 Å². The molecule has 1 aliphatic rings. The number of hydrogen-bond donors (Lipinski definition) is 2. The minimum atomic E-state index is -0.0293. The van der Waals surface area contributed by atoms with Gasteiger partial charge < -0.3 is 15.5 Å². The molecule has 5 heteroatoms. The fourth-order valence-electron chi connectivity index (χ4n) is 3.82. The number of hydrogen-bond acceptors (Lipinski definition) is 3. The van der Waals surface area contributed by atoms with Crippen molar-refractivity contribution in [2.24, 2.45) is 0 Å². The standard InChI is InChI=1S/C23H37N3O2/c1-3-17-26(18-4-2)23(28)12-8-11-22(27)25-21-15-13-20(14-16-21)24-19-9-6-5-7-10-19/h13-16,19,24H,3-12,17-18H2,1-2H3,(H,25,27). The first kappa shape index (κ1) is 22.3. The van der Waals surface area contributed by atoms with Gasteiger partial charge in [0.1, 0.15) is 0 Å². The van der Waals surface area contributed by atoms with Crippen molar-refractivity contribution in [2.75, 3.05) is 23.7 Å². The van der Waals surface area contributed by atoms with E-state index in [9.17, 15) is 9.59 Å². The third-order valence-electron chi connectivity index (χ3n) is 5.28. The first-order valence-electron chi connectivity index (χ1n) is 11.1. The monoisotopic (exact) mass is 387 g/mol. The molecule has 28 heavy (non-hydrogen) atoms. The van der Waals surface area contributed by atoms with Crippen molar-refractivity contribution >= 4 is 23.2 Å². The van der Waals surface area contributed by atoms with Crippen LogP contribution in [0, 0.1) is 0 Å². The molecule has 2 amide bonds. The molecule has 0 unspecified atom stereocenters. The molecule has 0 aromatic heterocycles. The number of carbonyl (C=O) groups is 2. The van der Waals surface area contributed by atoms with Crippen LogP contribution >= 0.6 is 0 Å². The van der Waals surface area contributed by atoms with E-state index in [2.05, 4.69) is 24.5 Å². The van der Waals surface area contributed by atoms with Crippen LogP contribution in [0.2, 0.25) is 0 Å². The van der Waals surface area contributed by atoms with E-state index in [1.807, 2.05) is 29.2 Å². The Labute approximate surface area is 170 Å². The number of benzene rings is 1. The van der Waals surface area contributed by atoms with Crippen LogP contribution in [-0.4, -0.2) is 35.8 Å². The van der Waals surface area contributed by atoms with Crippen molar-refractivity contribution in [3.63, 3.8) is 0 Å². The lowest BCUT2D eigenvalue weighted by Gasteiger charge is -2.24. The lowest BCUT2D eigenvalue weighted by atomic mass is 9.95. The van der Waals surface area contributed by atoms with E-state index in [1.165, 1.54) is 32.1 Å². The highest BCUT2D eigenvalue weighted by Crippen LogP contribution is 2.22. The molecule has 0 radical (unpaired) electrons. The number of nitrogens with one attached hydrogen (secondary N) is 2. The molecule has 0 saturated heterocycles. The fourth-order valence-corrected chi connectivity index (χ4v) is 3.82. The summed E-state index contributed by atoms with van der Waals surface area (Å²) in [6.07, 6.45) is 9.80. The van der Waals surface area contributed by atoms with Crippen LogP contribution in [0.3, 0.4) is 0 Å². The number of anilines is 2. The van der Waals surface area contributed by atoms with Gasteiger partial charge in [0.05, 0.1) is 0 Å². The van der Waals surface area contributed by atoms with Gasteiger partial charge >= 0.3 is 0 Å². The van der Waals surface area contributed by atoms with Crippen LogP contribution in [0.25, 0.3) is 0 Å². The molecular weight excluding hydrogens is 350 g/mol. The molecule has 0 bridgehead atoms. The van der Waals surface area contributed by atoms with Crippen LogP contribution in [0.1, 0.15) is 78.1 Å². The summed E-state index contributed by atoms with van der Waals surface area (Å²) in [5.74, 6) is 0.132. The molecule has 5 nitrogen and oxygen atoms in total. The van der Waals surface area contributed by atoms with Crippen molar-refractivity contribution in [1.82, 2.24) is 4.90 Å². The molecule has 156 valence electrons. The second-order valence-corrected chi connectivity index (χ2v) is 7.84. The highest BCUT2D eigenvalue weighted by Gasteiger charge is 2.14. The first-order valence-corrected chi connectivity index (χ1v) is 11.1. The van der Waals surface area contributed by atoms with E-state index in [0.717, 1.165) is 37.3 Å². The topological polar surface area (TPSA) is 61.4 Å². The number of amides is 2. The number of carbonyl (C=O) groups excluding carboxylic acids is 2. The molecule has 1 fully saturated rings. The molecule has 1 aliphatic carbocycles. The maximum Gasteiger partial charge on any atom is 0.224 e. The molecule has 0 atom stereocenters. The zero-order chi connectivity index (χ0) is 20.2. The lowest BCUT2D eigenvalue weighted by molar-refractivity contribution is -0.131. The predicted octanol–water partition coefficient (Wildman–Crippen LogP) is 5.19. The Balaban J connectivity index is 1.70. The molecule has 0 heterocycles. The van der Waals surface area contributed by atoms with E-state index in [-0.39, 0.29) is 11.8 Å². The Morgan fingerprint density at radius 1 is 0.929 bits per heavy atom. The molecule has 1 aromatic rings. The Morgan fingerprint density at radius 2 is 1.54 bits per heavy atom. The minimum absolute atomic E-state index is 0.0293. The Morgan fingerprint density at radius 3 is 2.14 bits per heavy atom. The van der Waals surface area contributed by atoms with Crippen molar-refractivity contribution in [3.05, 3.63) is 24.3 Å². The SMILES string of the molecule is CCCN(CCC)C(=O)CCCC(=O)Nc1ccc(NC2CCCCC2)cc1. The largest absolute Gasteiger partial charge is 0.382 e. The van der Waals surface area contributed by atoms with Gasteiger partial charge in [-0.1, -0.05) is 33.1 Å². The fraction of sp³-hybridized carbons (Fsp3) is 0.652. The van der Waals surface area contributed by atoms with Gasteiger partial charge in [0.15, 0.2) is 0 Å². The van der Waals surface area contributed by atoms with E-state index >= 15 is 0 Å². The molecular formula is C23H37N3O2. The summed E-state index contributed by atoms with van der Waals surface area (Å²) < 4.78 is 0. The van der Waals surface area contributed by atoms with Gasteiger partial charge in [0, 0.05) is 43.3 Å². The molecule has 2 rings (SSSR count). The highest BCUT2D eigenvalue weighted by molar-refractivity contribution is 5.91. The Hall–Kier alpha value is -2.04. The van der Waals surface area contributed by atoms with Gasteiger partial charge in [-0.05, 0) is 56.4 Å². The van der Waals surface area contributed by atoms with Crippen LogP contribution < -0.4 is 10.6 Å². The summed E-state index contributed by atoms with van der Waals surface area (Å²) in [6.45, 7) is 5.78. The van der Waals surface area contributed by atoms with Gasteiger partial charge in [0.25, 0.3) is 0 Å². The van der Waals surface area contributed by atoms with E-state index in [4.69, 9.17) is 0 Å². The highest BCUT2D eigenvalue weighted by atomic mass is 16.2. The van der Waals surface area contributed by atoms with E-state index in [1.54, 1.807) is 0 Å². The third kappa shape index (κ3) is 7.91. The smallest absolute Gasteiger partial charge is 0.224 e. The second kappa shape index (κ2) is 12.4. The van der Waals surface area contributed by atoms with Gasteiger partial charge in [-0.15, -0.1) is 0 Å². The molecule has 0 aliphatic heterocycles.